The van der Waals surface area contributed by atoms with Gasteiger partial charge in [0.25, 0.3) is 5.56 Å². The smallest absolute Gasteiger partial charge is 0.267 e. The molecule has 2 rings (SSSR count). The van der Waals surface area contributed by atoms with E-state index in [0.29, 0.717) is 24.7 Å². The van der Waals surface area contributed by atoms with E-state index >= 15 is 0 Å². The molecule has 0 saturated heterocycles. The summed E-state index contributed by atoms with van der Waals surface area (Å²) in [6.45, 7) is 0.970. The maximum absolute atomic E-state index is 11.4. The number of H-pyrrole nitrogens is 1. The lowest BCUT2D eigenvalue weighted by atomic mass is 10.0. The topological polar surface area (TPSA) is 65.9 Å². The maximum Gasteiger partial charge on any atom is 0.267 e. The molecule has 1 N–H and O–H groups in total. The van der Waals surface area contributed by atoms with Crippen molar-refractivity contribution in [2.75, 3.05) is 6.61 Å². The Hall–Kier alpha value is -1.25. The number of nitriles is 1. The molecule has 0 radical (unpaired) electrons. The summed E-state index contributed by atoms with van der Waals surface area (Å²) in [5, 5.41) is 9.33. The first-order chi connectivity index (χ1) is 6.74. The van der Waals surface area contributed by atoms with Crippen molar-refractivity contribution in [3.05, 3.63) is 27.0 Å². The highest BCUT2D eigenvalue weighted by Gasteiger charge is 2.18. The quantitative estimate of drug-likeness (QED) is 0.614. The summed E-state index contributed by atoms with van der Waals surface area (Å²) in [5.41, 5.74) is 1.45. The van der Waals surface area contributed by atoms with Gasteiger partial charge in [-0.05, 0) is 12.0 Å². The van der Waals surface area contributed by atoms with Gasteiger partial charge < -0.3 is 9.72 Å². The molecule has 0 fully saturated rings. The molecule has 2 heterocycles. The van der Waals surface area contributed by atoms with Crippen LogP contribution in [0.4, 0.5) is 0 Å². The van der Waals surface area contributed by atoms with Crippen molar-refractivity contribution in [1.82, 2.24) is 4.98 Å². The van der Waals surface area contributed by atoms with Crippen molar-refractivity contribution in [2.45, 2.75) is 18.1 Å². The lowest BCUT2D eigenvalue weighted by Gasteiger charge is -2.18. The van der Waals surface area contributed by atoms with Crippen LogP contribution in [-0.4, -0.2) is 11.6 Å². The van der Waals surface area contributed by atoms with Gasteiger partial charge in [0.2, 0.25) is 0 Å². The van der Waals surface area contributed by atoms with Crippen LogP contribution in [0.25, 0.3) is 0 Å². The third kappa shape index (κ3) is 1.33. The summed E-state index contributed by atoms with van der Waals surface area (Å²) in [5.74, 6) is 0. The first kappa shape index (κ1) is 9.31. The summed E-state index contributed by atoms with van der Waals surface area (Å²) in [6.07, 6.45) is 0.607. The van der Waals surface area contributed by atoms with Crippen molar-refractivity contribution < 1.29 is 4.74 Å². The molecule has 1 aliphatic heterocycles. The SMILES string of the molecule is N#Cc1c2c(c(S)[nH]c1=O)COCC2. The highest BCUT2D eigenvalue weighted by atomic mass is 32.1. The molecular weight excluding hydrogens is 200 g/mol. The van der Waals surface area contributed by atoms with Gasteiger partial charge in [0, 0.05) is 5.56 Å². The molecule has 14 heavy (non-hydrogen) atoms. The number of aromatic nitrogens is 1. The van der Waals surface area contributed by atoms with E-state index in [1.165, 1.54) is 0 Å². The van der Waals surface area contributed by atoms with Gasteiger partial charge >= 0.3 is 0 Å². The average molecular weight is 208 g/mol. The molecule has 72 valence electrons. The molecule has 0 aliphatic carbocycles. The second-order valence-electron chi connectivity index (χ2n) is 3.05. The largest absolute Gasteiger partial charge is 0.376 e. The van der Waals surface area contributed by atoms with Crippen molar-refractivity contribution >= 4 is 12.6 Å². The lowest BCUT2D eigenvalue weighted by Crippen LogP contribution is -2.21. The Labute approximate surface area is 85.9 Å². The number of nitrogens with zero attached hydrogens (tertiary/aromatic N) is 1. The fourth-order valence-electron chi connectivity index (χ4n) is 1.57. The minimum Gasteiger partial charge on any atom is -0.376 e. The van der Waals surface area contributed by atoms with Crippen molar-refractivity contribution in [2.24, 2.45) is 0 Å². The summed E-state index contributed by atoms with van der Waals surface area (Å²) < 4.78 is 5.24. The normalized spacial score (nSPS) is 14.6. The molecule has 0 saturated carbocycles. The standard InChI is InChI=1S/C9H8N2O2S/c10-3-6-5-1-2-13-4-7(5)9(14)11-8(6)12/h1-2,4H2,(H2,11,12,14). The van der Waals surface area contributed by atoms with Gasteiger partial charge in [-0.2, -0.15) is 5.26 Å². The van der Waals surface area contributed by atoms with Gasteiger partial charge in [-0.3, -0.25) is 4.79 Å². The number of pyridine rings is 1. The van der Waals surface area contributed by atoms with Crippen LogP contribution in [0.15, 0.2) is 9.82 Å². The number of hydrogen-bond acceptors (Lipinski definition) is 4. The molecule has 0 bridgehead atoms. The van der Waals surface area contributed by atoms with Gasteiger partial charge in [-0.25, -0.2) is 0 Å². The summed E-state index contributed by atoms with van der Waals surface area (Å²) in [4.78, 5) is 13.9. The van der Waals surface area contributed by atoms with Gasteiger partial charge in [0.05, 0.1) is 18.2 Å². The Balaban J connectivity index is 2.75. The number of ether oxygens (including phenoxy) is 1. The van der Waals surface area contributed by atoms with E-state index in [4.69, 9.17) is 10.00 Å². The number of aromatic amines is 1. The Morgan fingerprint density at radius 3 is 3.00 bits per heavy atom. The van der Waals surface area contributed by atoms with Gasteiger partial charge in [-0.15, -0.1) is 12.6 Å². The molecule has 0 unspecified atom stereocenters. The minimum atomic E-state index is -0.363. The van der Waals surface area contributed by atoms with Crippen LogP contribution in [0.5, 0.6) is 0 Å². The van der Waals surface area contributed by atoms with Crippen LogP contribution in [0.3, 0.4) is 0 Å². The molecule has 0 amide bonds. The van der Waals surface area contributed by atoms with E-state index in [2.05, 4.69) is 17.6 Å². The van der Waals surface area contributed by atoms with E-state index < -0.39 is 0 Å². The fourth-order valence-corrected chi connectivity index (χ4v) is 1.88. The van der Waals surface area contributed by atoms with Gasteiger partial charge in [0.15, 0.2) is 0 Å². The van der Waals surface area contributed by atoms with E-state index in [9.17, 15) is 4.79 Å². The third-order valence-corrected chi connectivity index (χ3v) is 2.65. The number of fused-ring (bicyclic) bond motifs is 1. The maximum atomic E-state index is 11.4. The first-order valence-corrected chi connectivity index (χ1v) is 4.63. The lowest BCUT2D eigenvalue weighted by molar-refractivity contribution is 0.108. The zero-order valence-corrected chi connectivity index (χ0v) is 8.23. The minimum absolute atomic E-state index is 0.195. The molecule has 1 aromatic rings. The van der Waals surface area contributed by atoms with E-state index in [1.54, 1.807) is 0 Å². The van der Waals surface area contributed by atoms with Crippen LogP contribution < -0.4 is 5.56 Å². The molecule has 1 aliphatic rings. The highest BCUT2D eigenvalue weighted by Crippen LogP contribution is 2.22. The molecule has 1 aromatic heterocycles. The second-order valence-corrected chi connectivity index (χ2v) is 3.50. The van der Waals surface area contributed by atoms with Crippen LogP contribution >= 0.6 is 12.6 Å². The molecule has 0 aromatic carbocycles. The number of rotatable bonds is 0. The Morgan fingerprint density at radius 1 is 1.50 bits per heavy atom. The molecule has 0 atom stereocenters. The van der Waals surface area contributed by atoms with Crippen LogP contribution in [-0.2, 0) is 17.8 Å². The van der Waals surface area contributed by atoms with Crippen molar-refractivity contribution in [3.63, 3.8) is 0 Å². The predicted octanol–water partition coefficient (Wildman–Crippen LogP) is 0.608. The predicted molar refractivity (Wildman–Crippen MR) is 52.4 cm³/mol. The second kappa shape index (κ2) is 3.48. The third-order valence-electron chi connectivity index (χ3n) is 2.27. The number of thiol groups is 1. The zero-order chi connectivity index (χ0) is 10.1. The molecular formula is C9H8N2O2S. The van der Waals surface area contributed by atoms with Crippen molar-refractivity contribution in [3.8, 4) is 6.07 Å². The van der Waals surface area contributed by atoms with E-state index in [0.717, 1.165) is 11.1 Å². The molecule has 4 nitrogen and oxygen atoms in total. The Morgan fingerprint density at radius 2 is 2.29 bits per heavy atom. The summed E-state index contributed by atoms with van der Waals surface area (Å²) in [6, 6.07) is 1.92. The monoisotopic (exact) mass is 208 g/mol. The summed E-state index contributed by atoms with van der Waals surface area (Å²) in [7, 11) is 0. The van der Waals surface area contributed by atoms with Gasteiger partial charge in [0.1, 0.15) is 11.6 Å². The van der Waals surface area contributed by atoms with Crippen LogP contribution in [0.2, 0.25) is 0 Å². The Kier molecular flexibility index (Phi) is 2.32. The average Bonchev–Trinajstić information content (AvgIpc) is 2.18. The molecule has 0 spiro atoms. The summed E-state index contributed by atoms with van der Waals surface area (Å²) >= 11 is 4.15. The van der Waals surface area contributed by atoms with Crippen molar-refractivity contribution in [1.29, 1.82) is 5.26 Å². The number of hydrogen-bond donors (Lipinski definition) is 2. The first-order valence-electron chi connectivity index (χ1n) is 4.19. The Bertz CT molecular complexity index is 473. The zero-order valence-electron chi connectivity index (χ0n) is 7.33. The number of nitrogens with one attached hydrogen (secondary N) is 1. The van der Waals surface area contributed by atoms with E-state index in [-0.39, 0.29) is 11.1 Å². The van der Waals surface area contributed by atoms with Gasteiger partial charge in [-0.1, -0.05) is 0 Å². The van der Waals surface area contributed by atoms with Crippen LogP contribution in [0.1, 0.15) is 16.7 Å². The van der Waals surface area contributed by atoms with Crippen LogP contribution in [0, 0.1) is 11.3 Å². The van der Waals surface area contributed by atoms with E-state index in [1.807, 2.05) is 6.07 Å². The molecule has 5 heteroatoms. The highest BCUT2D eigenvalue weighted by molar-refractivity contribution is 7.80. The fraction of sp³-hybridized carbons (Fsp3) is 0.333.